The van der Waals surface area contributed by atoms with Gasteiger partial charge in [-0.15, -0.1) is 0 Å². The molecule has 1 aromatic heterocycles. The molecular weight excluding hydrogens is 264 g/mol. The molecule has 1 N–H and O–H groups in total. The van der Waals surface area contributed by atoms with Crippen LogP contribution in [-0.4, -0.2) is 37.8 Å². The Balaban J connectivity index is 1.86. The smallest absolute Gasteiger partial charge is 0.128 e. The third-order valence-corrected chi connectivity index (χ3v) is 3.77. The van der Waals surface area contributed by atoms with E-state index in [1.54, 1.807) is 0 Å². The minimum absolute atomic E-state index is 0.110. The Morgan fingerprint density at radius 2 is 2.14 bits per heavy atom. The topological polar surface area (TPSA) is 61.2 Å². The van der Waals surface area contributed by atoms with Gasteiger partial charge in [0.25, 0.3) is 0 Å². The quantitative estimate of drug-likeness (QED) is 0.872. The normalized spacial score (nSPS) is 15.6. The number of hydrogen-bond acceptors (Lipinski definition) is 5. The number of ether oxygens (including phenoxy) is 1. The monoisotopic (exact) mass is 288 g/mol. The zero-order chi connectivity index (χ0) is 15.1. The van der Waals surface area contributed by atoms with Gasteiger partial charge in [0, 0.05) is 26.1 Å². The number of pyridine rings is 1. The average molecular weight is 288 g/mol. The molecule has 114 valence electrons. The highest BCUT2D eigenvalue weighted by atomic mass is 16.5. The molecule has 1 fully saturated rings. The van der Waals surface area contributed by atoms with Crippen molar-refractivity contribution < 1.29 is 4.74 Å². The van der Waals surface area contributed by atoms with Gasteiger partial charge in [-0.3, -0.25) is 0 Å². The summed E-state index contributed by atoms with van der Waals surface area (Å²) in [6.45, 7) is 8.54. The van der Waals surface area contributed by atoms with Crippen molar-refractivity contribution >= 4 is 11.5 Å². The van der Waals surface area contributed by atoms with E-state index >= 15 is 0 Å². The van der Waals surface area contributed by atoms with Crippen LogP contribution in [0.15, 0.2) is 18.3 Å². The van der Waals surface area contributed by atoms with Gasteiger partial charge in [0.15, 0.2) is 0 Å². The van der Waals surface area contributed by atoms with Gasteiger partial charge in [0.2, 0.25) is 0 Å². The number of nitriles is 1. The molecule has 5 heteroatoms. The summed E-state index contributed by atoms with van der Waals surface area (Å²) in [6.07, 6.45) is 3.38. The first-order valence-corrected chi connectivity index (χ1v) is 7.50. The van der Waals surface area contributed by atoms with Crippen LogP contribution in [0.1, 0.15) is 26.7 Å². The van der Waals surface area contributed by atoms with Gasteiger partial charge in [0.1, 0.15) is 5.82 Å². The second-order valence-corrected chi connectivity index (χ2v) is 6.18. The summed E-state index contributed by atoms with van der Waals surface area (Å²) in [5, 5.41) is 12.1. The van der Waals surface area contributed by atoms with Crippen molar-refractivity contribution in [3.05, 3.63) is 18.3 Å². The highest BCUT2D eigenvalue weighted by Gasteiger charge is 2.17. The van der Waals surface area contributed by atoms with E-state index in [-0.39, 0.29) is 5.41 Å². The predicted molar refractivity (Wildman–Crippen MR) is 84.4 cm³/mol. The van der Waals surface area contributed by atoms with Crippen molar-refractivity contribution in [3.8, 4) is 6.07 Å². The van der Waals surface area contributed by atoms with Gasteiger partial charge >= 0.3 is 0 Å². The van der Waals surface area contributed by atoms with Gasteiger partial charge < -0.3 is 15.0 Å². The van der Waals surface area contributed by atoms with E-state index in [4.69, 9.17) is 10.00 Å². The lowest BCUT2D eigenvalue weighted by molar-refractivity contribution is 0.122. The maximum Gasteiger partial charge on any atom is 0.128 e. The van der Waals surface area contributed by atoms with E-state index < -0.39 is 0 Å². The van der Waals surface area contributed by atoms with Crippen LogP contribution in [0.4, 0.5) is 11.5 Å². The summed E-state index contributed by atoms with van der Waals surface area (Å²) in [5.74, 6) is 1.01. The van der Waals surface area contributed by atoms with E-state index in [0.717, 1.165) is 50.8 Å². The fourth-order valence-electron chi connectivity index (χ4n) is 2.29. The van der Waals surface area contributed by atoms with E-state index in [0.29, 0.717) is 6.42 Å². The zero-order valence-corrected chi connectivity index (χ0v) is 12.9. The number of nitrogens with one attached hydrogen (secondary N) is 1. The number of aromatic nitrogens is 1. The second-order valence-electron chi connectivity index (χ2n) is 6.18. The predicted octanol–water partition coefficient (Wildman–Crippen LogP) is 2.66. The molecule has 21 heavy (non-hydrogen) atoms. The van der Waals surface area contributed by atoms with Crippen molar-refractivity contribution in [1.29, 1.82) is 5.26 Å². The zero-order valence-electron chi connectivity index (χ0n) is 12.9. The summed E-state index contributed by atoms with van der Waals surface area (Å²) in [6, 6.07) is 6.33. The fourth-order valence-corrected chi connectivity index (χ4v) is 2.29. The molecule has 2 heterocycles. The van der Waals surface area contributed by atoms with Crippen LogP contribution in [0.25, 0.3) is 0 Å². The van der Waals surface area contributed by atoms with Crippen LogP contribution < -0.4 is 10.2 Å². The van der Waals surface area contributed by atoms with Crippen LogP contribution in [0.3, 0.4) is 0 Å². The van der Waals surface area contributed by atoms with Crippen LogP contribution in [-0.2, 0) is 4.74 Å². The lowest BCUT2D eigenvalue weighted by Crippen LogP contribution is -2.36. The fraction of sp³-hybridized carbons (Fsp3) is 0.625. The third kappa shape index (κ3) is 4.91. The van der Waals surface area contributed by atoms with E-state index in [2.05, 4.69) is 47.3 Å². The van der Waals surface area contributed by atoms with Crippen molar-refractivity contribution in [1.82, 2.24) is 4.98 Å². The van der Waals surface area contributed by atoms with Crippen LogP contribution >= 0.6 is 0 Å². The molecule has 5 nitrogen and oxygen atoms in total. The first kappa shape index (κ1) is 15.6. The summed E-state index contributed by atoms with van der Waals surface area (Å²) >= 11 is 0. The maximum absolute atomic E-state index is 8.68. The number of hydrogen-bond donors (Lipinski definition) is 1. The number of rotatable bonds is 6. The van der Waals surface area contributed by atoms with Gasteiger partial charge in [-0.1, -0.05) is 13.8 Å². The third-order valence-electron chi connectivity index (χ3n) is 3.77. The molecule has 0 amide bonds. The Morgan fingerprint density at radius 1 is 1.38 bits per heavy atom. The minimum atomic E-state index is 0.110. The highest BCUT2D eigenvalue weighted by molar-refractivity contribution is 5.48. The molecule has 0 atom stereocenters. The van der Waals surface area contributed by atoms with E-state index in [1.165, 1.54) is 0 Å². The molecular formula is C16H24N4O. The lowest BCUT2D eigenvalue weighted by atomic mass is 9.88. The van der Waals surface area contributed by atoms with Gasteiger partial charge in [-0.2, -0.15) is 5.26 Å². The Kier molecular flexibility index (Phi) is 5.40. The van der Waals surface area contributed by atoms with E-state index in [1.807, 2.05) is 6.20 Å². The van der Waals surface area contributed by atoms with Crippen LogP contribution in [0, 0.1) is 16.7 Å². The van der Waals surface area contributed by atoms with Crippen LogP contribution in [0.2, 0.25) is 0 Å². The van der Waals surface area contributed by atoms with Gasteiger partial charge in [0.05, 0.1) is 31.2 Å². The molecule has 0 spiro atoms. The second kappa shape index (κ2) is 7.28. The lowest BCUT2D eigenvalue weighted by Gasteiger charge is -2.28. The summed E-state index contributed by atoms with van der Waals surface area (Å²) in [4.78, 5) is 6.76. The molecule has 0 aliphatic carbocycles. The molecule has 0 radical (unpaired) electrons. The molecule has 1 aromatic rings. The number of nitrogens with zero attached hydrogens (tertiary/aromatic N) is 3. The van der Waals surface area contributed by atoms with Crippen molar-refractivity contribution in [2.24, 2.45) is 5.41 Å². The molecule has 1 aliphatic rings. The minimum Gasteiger partial charge on any atom is -0.383 e. The first-order valence-electron chi connectivity index (χ1n) is 7.50. The Bertz CT molecular complexity index is 472. The van der Waals surface area contributed by atoms with Crippen molar-refractivity contribution in [2.45, 2.75) is 26.7 Å². The Morgan fingerprint density at radius 3 is 2.76 bits per heavy atom. The molecule has 1 saturated heterocycles. The van der Waals surface area contributed by atoms with Gasteiger partial charge in [-0.25, -0.2) is 4.98 Å². The molecule has 1 aliphatic heterocycles. The molecule has 0 saturated carbocycles. The Labute approximate surface area is 126 Å². The Hall–Kier alpha value is -1.80. The maximum atomic E-state index is 8.68. The number of morpholine rings is 1. The van der Waals surface area contributed by atoms with E-state index in [9.17, 15) is 0 Å². The standard InChI is InChI=1S/C16H24N4O/c1-16(2,6-3-7-17)13-19-14-4-5-15(18-12-14)20-8-10-21-11-9-20/h4-5,12,19H,3,6,8-11,13H2,1-2H3. The first-order chi connectivity index (χ1) is 10.1. The summed E-state index contributed by atoms with van der Waals surface area (Å²) in [5.41, 5.74) is 1.13. The number of anilines is 2. The average Bonchev–Trinajstić information content (AvgIpc) is 2.53. The van der Waals surface area contributed by atoms with Gasteiger partial charge in [-0.05, 0) is 24.0 Å². The molecule has 2 rings (SSSR count). The largest absolute Gasteiger partial charge is 0.383 e. The highest BCUT2D eigenvalue weighted by Crippen LogP contribution is 2.23. The SMILES string of the molecule is CC(C)(CCC#N)CNc1ccc(N2CCOCC2)nc1. The van der Waals surface area contributed by atoms with Crippen molar-refractivity contribution in [3.63, 3.8) is 0 Å². The molecule has 0 bridgehead atoms. The summed E-state index contributed by atoms with van der Waals surface area (Å²) in [7, 11) is 0. The molecule has 0 unspecified atom stereocenters. The molecule has 0 aromatic carbocycles. The van der Waals surface area contributed by atoms with Crippen molar-refractivity contribution in [2.75, 3.05) is 43.1 Å². The van der Waals surface area contributed by atoms with Crippen LogP contribution in [0.5, 0.6) is 0 Å². The summed E-state index contributed by atoms with van der Waals surface area (Å²) < 4.78 is 5.35.